The molecule has 4 aromatic rings. The van der Waals surface area contributed by atoms with Gasteiger partial charge in [0.2, 0.25) is 0 Å². The van der Waals surface area contributed by atoms with Gasteiger partial charge < -0.3 is 9.94 Å². The number of nitrogens with zero attached hydrogens (tertiary/aromatic N) is 4. The molecule has 0 amide bonds. The van der Waals surface area contributed by atoms with E-state index in [0.29, 0.717) is 16.1 Å². The van der Waals surface area contributed by atoms with Gasteiger partial charge in [-0.05, 0) is 59.9 Å². The molecule has 0 saturated carbocycles. The third-order valence-corrected chi connectivity index (χ3v) is 5.52. The molecule has 0 aliphatic heterocycles. The van der Waals surface area contributed by atoms with Crippen LogP contribution in [0.25, 0.3) is 16.8 Å². The van der Waals surface area contributed by atoms with Crippen molar-refractivity contribution in [3.63, 3.8) is 0 Å². The van der Waals surface area contributed by atoms with Gasteiger partial charge >= 0.3 is 5.97 Å². The number of ether oxygens (including phenoxy) is 1. The smallest absolute Gasteiger partial charge is 0.338 e. The second-order valence-corrected chi connectivity index (χ2v) is 8.54. The highest BCUT2D eigenvalue weighted by molar-refractivity contribution is 6.30. The molecule has 2 aromatic carbocycles. The number of esters is 1. The number of aryl methyl sites for hydroxylation is 1. The van der Waals surface area contributed by atoms with Crippen LogP contribution in [0.1, 0.15) is 46.8 Å². The molecule has 0 fully saturated rings. The van der Waals surface area contributed by atoms with Crippen molar-refractivity contribution in [2.24, 2.45) is 0 Å². The number of hydrogen-bond donors (Lipinski definition) is 0. The summed E-state index contributed by atoms with van der Waals surface area (Å²) in [6.07, 6.45) is 6.02. The van der Waals surface area contributed by atoms with E-state index in [1.807, 2.05) is 19.1 Å². The van der Waals surface area contributed by atoms with Crippen molar-refractivity contribution in [3.05, 3.63) is 100.0 Å². The van der Waals surface area contributed by atoms with Crippen molar-refractivity contribution in [3.8, 4) is 16.8 Å². The molecule has 7 nitrogen and oxygen atoms in total. The molecule has 0 N–H and O–H groups in total. The first-order valence-electron chi connectivity index (χ1n) is 10.5. The van der Waals surface area contributed by atoms with Crippen molar-refractivity contribution in [1.29, 1.82) is 0 Å². The first kappa shape index (κ1) is 22.5. The van der Waals surface area contributed by atoms with Gasteiger partial charge in [0.05, 0.1) is 16.8 Å². The fourth-order valence-corrected chi connectivity index (χ4v) is 3.94. The first-order chi connectivity index (χ1) is 15.8. The maximum absolute atomic E-state index is 13.0. The van der Waals surface area contributed by atoms with Crippen molar-refractivity contribution >= 4 is 17.6 Å². The van der Waals surface area contributed by atoms with Gasteiger partial charge in [-0.2, -0.15) is 9.83 Å². The predicted molar refractivity (Wildman–Crippen MR) is 125 cm³/mol. The lowest BCUT2D eigenvalue weighted by atomic mass is 9.92. The number of aromatic nitrogens is 4. The molecule has 2 heterocycles. The van der Waals surface area contributed by atoms with Crippen LogP contribution in [0.3, 0.4) is 0 Å². The number of rotatable bonds is 6. The number of pyridine rings is 1. The summed E-state index contributed by atoms with van der Waals surface area (Å²) in [6, 6.07) is 12.6. The van der Waals surface area contributed by atoms with Crippen LogP contribution in [0.5, 0.6) is 0 Å². The average Bonchev–Trinajstić information content (AvgIpc) is 3.31. The summed E-state index contributed by atoms with van der Waals surface area (Å²) in [5.41, 5.74) is 5.34. The normalized spacial score (nSPS) is 11.1. The van der Waals surface area contributed by atoms with Gasteiger partial charge in [0.1, 0.15) is 19.3 Å². The van der Waals surface area contributed by atoms with Gasteiger partial charge in [-0.1, -0.05) is 31.5 Å². The Morgan fingerprint density at radius 3 is 2.76 bits per heavy atom. The van der Waals surface area contributed by atoms with Crippen molar-refractivity contribution in [2.75, 3.05) is 0 Å². The Hall–Kier alpha value is -3.71. The van der Waals surface area contributed by atoms with E-state index in [1.165, 1.54) is 18.7 Å². The maximum atomic E-state index is 13.0. The minimum atomic E-state index is -0.471. The minimum Gasteiger partial charge on any atom is -0.619 e. The zero-order valence-electron chi connectivity index (χ0n) is 18.5. The van der Waals surface area contributed by atoms with E-state index < -0.39 is 5.97 Å². The van der Waals surface area contributed by atoms with E-state index in [-0.39, 0.29) is 12.5 Å². The number of benzene rings is 2. The topological polar surface area (TPSA) is 84.0 Å². The van der Waals surface area contributed by atoms with Crippen LogP contribution in [-0.2, 0) is 11.3 Å². The minimum absolute atomic E-state index is 0.0149. The Morgan fingerprint density at radius 2 is 2.03 bits per heavy atom. The zero-order chi connectivity index (χ0) is 23.5. The molecule has 0 bridgehead atoms. The maximum Gasteiger partial charge on any atom is 0.338 e. The molecule has 0 unspecified atom stereocenters. The highest BCUT2D eigenvalue weighted by Crippen LogP contribution is 2.30. The van der Waals surface area contributed by atoms with E-state index in [9.17, 15) is 10.0 Å². The fraction of sp³-hybridized carbons (Fsp3) is 0.200. The summed E-state index contributed by atoms with van der Waals surface area (Å²) in [6.45, 7) is 6.05. The molecule has 168 valence electrons. The van der Waals surface area contributed by atoms with Gasteiger partial charge in [-0.3, -0.25) is 0 Å². The van der Waals surface area contributed by atoms with Crippen LogP contribution in [0.4, 0.5) is 0 Å². The fourth-order valence-electron chi connectivity index (χ4n) is 3.74. The monoisotopic (exact) mass is 462 g/mol. The van der Waals surface area contributed by atoms with Crippen molar-refractivity contribution in [1.82, 2.24) is 14.8 Å². The molecule has 33 heavy (non-hydrogen) atoms. The van der Waals surface area contributed by atoms with E-state index in [4.69, 9.17) is 16.3 Å². The Balaban J connectivity index is 1.62. The van der Waals surface area contributed by atoms with E-state index >= 15 is 0 Å². The third kappa shape index (κ3) is 5.04. The van der Waals surface area contributed by atoms with Gasteiger partial charge in [-0.15, -0.1) is 0 Å². The second-order valence-electron chi connectivity index (χ2n) is 8.11. The highest BCUT2D eigenvalue weighted by atomic mass is 35.5. The Bertz CT molecular complexity index is 1300. The molecule has 0 saturated heterocycles. The van der Waals surface area contributed by atoms with Crippen LogP contribution in [0, 0.1) is 12.1 Å². The summed E-state index contributed by atoms with van der Waals surface area (Å²) in [4.78, 5) is 16.9. The van der Waals surface area contributed by atoms with Crippen LogP contribution in [-0.4, -0.2) is 20.7 Å². The van der Waals surface area contributed by atoms with Crippen LogP contribution < -0.4 is 4.73 Å². The molecular formula is C25H23ClN4O3. The zero-order valence-corrected chi connectivity index (χ0v) is 19.3. The summed E-state index contributed by atoms with van der Waals surface area (Å²) in [7, 11) is 0. The molecule has 2 aromatic heterocycles. The Labute approximate surface area is 196 Å². The SMILES string of the molecule is Cc1cc(C(=O)OCc2cc(Cl)ccc2-n2cncn2)cc(-c2c[n+]([O-])ccc2C(C)C)c1. The Morgan fingerprint density at radius 1 is 1.21 bits per heavy atom. The summed E-state index contributed by atoms with van der Waals surface area (Å²) in [5, 5.41) is 16.6. The quantitative estimate of drug-likeness (QED) is 0.228. The molecule has 0 spiro atoms. The molecule has 0 atom stereocenters. The van der Waals surface area contributed by atoms with E-state index in [2.05, 4.69) is 23.9 Å². The van der Waals surface area contributed by atoms with Gasteiger partial charge in [0.15, 0.2) is 12.4 Å². The van der Waals surface area contributed by atoms with Crippen LogP contribution in [0.2, 0.25) is 5.02 Å². The third-order valence-electron chi connectivity index (χ3n) is 5.28. The lowest BCUT2D eigenvalue weighted by Gasteiger charge is -2.14. The molecule has 0 aliphatic carbocycles. The number of carbonyl (C=O) groups excluding carboxylic acids is 1. The lowest BCUT2D eigenvalue weighted by molar-refractivity contribution is -0.604. The summed E-state index contributed by atoms with van der Waals surface area (Å²) >= 11 is 6.16. The lowest BCUT2D eigenvalue weighted by Crippen LogP contribution is -2.25. The summed E-state index contributed by atoms with van der Waals surface area (Å²) in [5.74, 6) is -0.253. The number of halogens is 1. The Kier molecular flexibility index (Phi) is 6.42. The second kappa shape index (κ2) is 9.42. The standard InChI is InChI=1S/C25H23ClN4O3/c1-16(2)22-6-7-29(32)12-23(22)18-8-17(3)9-19(10-18)25(31)33-13-20-11-21(26)4-5-24(20)30-15-27-14-28-30/h4-12,14-16H,13H2,1-3H3. The molecular weight excluding hydrogens is 440 g/mol. The van der Waals surface area contributed by atoms with E-state index in [0.717, 1.165) is 32.7 Å². The number of carbonyl (C=O) groups is 1. The molecule has 0 aliphatic rings. The predicted octanol–water partition coefficient (Wildman–Crippen LogP) is 5.01. The highest BCUT2D eigenvalue weighted by Gasteiger charge is 2.17. The van der Waals surface area contributed by atoms with Crippen molar-refractivity contribution < 1.29 is 14.3 Å². The van der Waals surface area contributed by atoms with Crippen LogP contribution in [0.15, 0.2) is 67.5 Å². The number of hydrogen-bond acceptors (Lipinski definition) is 5. The van der Waals surface area contributed by atoms with E-state index in [1.54, 1.807) is 41.3 Å². The molecule has 8 heteroatoms. The first-order valence-corrected chi connectivity index (χ1v) is 10.8. The van der Waals surface area contributed by atoms with Gasteiger partial charge in [0, 0.05) is 16.7 Å². The average molecular weight is 463 g/mol. The largest absolute Gasteiger partial charge is 0.619 e. The van der Waals surface area contributed by atoms with Gasteiger partial charge in [0.25, 0.3) is 0 Å². The van der Waals surface area contributed by atoms with Crippen LogP contribution >= 0.6 is 11.6 Å². The van der Waals surface area contributed by atoms with Gasteiger partial charge in [-0.25, -0.2) is 14.5 Å². The summed E-state index contributed by atoms with van der Waals surface area (Å²) < 4.78 is 7.99. The molecule has 4 rings (SSSR count). The van der Waals surface area contributed by atoms with Crippen molar-refractivity contribution in [2.45, 2.75) is 33.3 Å². The molecule has 0 radical (unpaired) electrons.